The summed E-state index contributed by atoms with van der Waals surface area (Å²) in [6, 6.07) is 14.6. The number of H-pyrrole nitrogens is 1. The van der Waals surface area contributed by atoms with Crippen LogP contribution < -0.4 is 0 Å². The first kappa shape index (κ1) is 12.1. The van der Waals surface area contributed by atoms with Crippen LogP contribution in [0.3, 0.4) is 0 Å². The third-order valence-electron chi connectivity index (χ3n) is 3.00. The summed E-state index contributed by atoms with van der Waals surface area (Å²) in [4.78, 5) is 5.64. The number of aromatic nitrogens is 3. The van der Waals surface area contributed by atoms with Crippen molar-refractivity contribution < 1.29 is 0 Å². The normalized spacial score (nSPS) is 10.7. The summed E-state index contributed by atoms with van der Waals surface area (Å²) in [6.07, 6.45) is 3.10. The SMILES string of the molecule is c1ccc(CCCc2nc(-c3cccs3)n[nH]2)cc1. The lowest BCUT2D eigenvalue weighted by molar-refractivity contribution is 0.775. The molecule has 0 aliphatic heterocycles. The Labute approximate surface area is 116 Å². The van der Waals surface area contributed by atoms with Gasteiger partial charge < -0.3 is 0 Å². The zero-order valence-electron chi connectivity index (χ0n) is 10.5. The minimum absolute atomic E-state index is 0.810. The molecule has 96 valence electrons. The first-order chi connectivity index (χ1) is 9.42. The van der Waals surface area contributed by atoms with Gasteiger partial charge in [-0.15, -0.1) is 11.3 Å². The van der Waals surface area contributed by atoms with E-state index in [1.807, 2.05) is 23.6 Å². The Kier molecular flexibility index (Phi) is 3.70. The quantitative estimate of drug-likeness (QED) is 0.767. The van der Waals surface area contributed by atoms with E-state index in [0.717, 1.165) is 35.8 Å². The van der Waals surface area contributed by atoms with Gasteiger partial charge >= 0.3 is 0 Å². The summed E-state index contributed by atoms with van der Waals surface area (Å²) in [5, 5.41) is 9.33. The lowest BCUT2D eigenvalue weighted by atomic mass is 10.1. The zero-order valence-corrected chi connectivity index (χ0v) is 11.4. The van der Waals surface area contributed by atoms with Gasteiger partial charge in [0.2, 0.25) is 0 Å². The average molecular weight is 269 g/mol. The second-order valence-corrected chi connectivity index (χ2v) is 5.37. The lowest BCUT2D eigenvalue weighted by Crippen LogP contribution is -1.92. The van der Waals surface area contributed by atoms with E-state index < -0.39 is 0 Å². The second kappa shape index (κ2) is 5.80. The third kappa shape index (κ3) is 3.09. The highest BCUT2D eigenvalue weighted by Gasteiger charge is 2.06. The molecule has 1 aromatic carbocycles. The van der Waals surface area contributed by atoms with Crippen LogP contribution >= 0.6 is 11.3 Å². The van der Waals surface area contributed by atoms with Crippen LogP contribution in [0.2, 0.25) is 0 Å². The van der Waals surface area contributed by atoms with Gasteiger partial charge in [0.1, 0.15) is 5.82 Å². The van der Waals surface area contributed by atoms with Crippen LogP contribution in [0.25, 0.3) is 10.7 Å². The number of hydrogen-bond acceptors (Lipinski definition) is 3. The van der Waals surface area contributed by atoms with E-state index in [4.69, 9.17) is 0 Å². The molecule has 0 fully saturated rings. The molecule has 4 heteroatoms. The number of thiophene rings is 1. The van der Waals surface area contributed by atoms with Crippen molar-refractivity contribution in [2.24, 2.45) is 0 Å². The number of nitrogens with one attached hydrogen (secondary N) is 1. The van der Waals surface area contributed by atoms with Crippen molar-refractivity contribution in [2.75, 3.05) is 0 Å². The predicted molar refractivity (Wildman–Crippen MR) is 78.2 cm³/mol. The van der Waals surface area contributed by atoms with E-state index in [1.165, 1.54) is 5.56 Å². The van der Waals surface area contributed by atoms with Gasteiger partial charge in [0.25, 0.3) is 0 Å². The Hall–Kier alpha value is -1.94. The van der Waals surface area contributed by atoms with Crippen molar-refractivity contribution in [3.8, 4) is 10.7 Å². The van der Waals surface area contributed by atoms with Crippen LogP contribution in [0.4, 0.5) is 0 Å². The maximum atomic E-state index is 4.53. The molecule has 2 heterocycles. The van der Waals surface area contributed by atoms with Gasteiger partial charge in [-0.05, 0) is 29.9 Å². The number of aryl methyl sites for hydroxylation is 2. The summed E-state index contributed by atoms with van der Waals surface area (Å²) in [5.74, 6) is 1.78. The standard InChI is InChI=1S/C15H15N3S/c1-2-6-12(7-3-1)8-4-10-14-16-15(18-17-14)13-9-5-11-19-13/h1-3,5-7,9,11H,4,8,10H2,(H,16,17,18). The Bertz CT molecular complexity index is 614. The minimum Gasteiger partial charge on any atom is -0.263 e. The van der Waals surface area contributed by atoms with Crippen LogP contribution in [0.5, 0.6) is 0 Å². The maximum absolute atomic E-state index is 4.53. The molecule has 0 unspecified atom stereocenters. The molecule has 2 aromatic heterocycles. The largest absolute Gasteiger partial charge is 0.263 e. The summed E-state index contributed by atoms with van der Waals surface area (Å²) < 4.78 is 0. The summed E-state index contributed by atoms with van der Waals surface area (Å²) in [6.45, 7) is 0. The smallest absolute Gasteiger partial charge is 0.191 e. The number of rotatable bonds is 5. The average Bonchev–Trinajstić information content (AvgIpc) is 3.10. The molecule has 0 atom stereocenters. The summed E-state index contributed by atoms with van der Waals surface area (Å²) in [7, 11) is 0. The molecule has 0 bridgehead atoms. The number of benzene rings is 1. The van der Waals surface area contributed by atoms with Crippen molar-refractivity contribution in [3.63, 3.8) is 0 Å². The molecule has 0 spiro atoms. The van der Waals surface area contributed by atoms with Crippen molar-refractivity contribution in [2.45, 2.75) is 19.3 Å². The van der Waals surface area contributed by atoms with E-state index in [1.54, 1.807) is 11.3 Å². The number of nitrogens with zero attached hydrogens (tertiary/aromatic N) is 2. The molecule has 0 radical (unpaired) electrons. The van der Waals surface area contributed by atoms with E-state index >= 15 is 0 Å². The summed E-state index contributed by atoms with van der Waals surface area (Å²) in [5.41, 5.74) is 1.38. The van der Waals surface area contributed by atoms with Crippen molar-refractivity contribution in [3.05, 3.63) is 59.2 Å². The van der Waals surface area contributed by atoms with Gasteiger partial charge in [-0.3, -0.25) is 5.10 Å². The van der Waals surface area contributed by atoms with E-state index in [2.05, 4.69) is 39.4 Å². The minimum atomic E-state index is 0.810. The van der Waals surface area contributed by atoms with Crippen molar-refractivity contribution >= 4 is 11.3 Å². The van der Waals surface area contributed by atoms with Crippen molar-refractivity contribution in [1.82, 2.24) is 15.2 Å². The Morgan fingerprint density at radius 3 is 2.68 bits per heavy atom. The molecule has 1 N–H and O–H groups in total. The van der Waals surface area contributed by atoms with Gasteiger partial charge in [0.05, 0.1) is 4.88 Å². The van der Waals surface area contributed by atoms with Crippen LogP contribution in [-0.2, 0) is 12.8 Å². The molecule has 0 amide bonds. The Balaban J connectivity index is 1.56. The van der Waals surface area contributed by atoms with Gasteiger partial charge in [-0.25, -0.2) is 4.98 Å². The van der Waals surface area contributed by atoms with Crippen LogP contribution in [0.1, 0.15) is 17.8 Å². The van der Waals surface area contributed by atoms with Gasteiger partial charge in [0, 0.05) is 6.42 Å². The zero-order chi connectivity index (χ0) is 12.9. The fraction of sp³-hybridized carbons (Fsp3) is 0.200. The lowest BCUT2D eigenvalue weighted by Gasteiger charge is -1.98. The van der Waals surface area contributed by atoms with E-state index in [0.29, 0.717) is 0 Å². The molecule has 0 aliphatic carbocycles. The fourth-order valence-corrected chi connectivity index (χ4v) is 2.69. The molecule has 0 saturated carbocycles. The number of hydrogen-bond donors (Lipinski definition) is 1. The molecule has 0 saturated heterocycles. The molecule has 19 heavy (non-hydrogen) atoms. The first-order valence-corrected chi connectivity index (χ1v) is 7.29. The molecular formula is C15H15N3S. The van der Waals surface area contributed by atoms with Crippen LogP contribution in [0, 0.1) is 0 Å². The third-order valence-corrected chi connectivity index (χ3v) is 3.86. The maximum Gasteiger partial charge on any atom is 0.191 e. The molecular weight excluding hydrogens is 254 g/mol. The Morgan fingerprint density at radius 1 is 1.00 bits per heavy atom. The highest BCUT2D eigenvalue weighted by molar-refractivity contribution is 7.13. The van der Waals surface area contributed by atoms with E-state index in [9.17, 15) is 0 Å². The van der Waals surface area contributed by atoms with Gasteiger partial charge in [0.15, 0.2) is 5.82 Å². The summed E-state index contributed by atoms with van der Waals surface area (Å²) >= 11 is 1.67. The molecule has 3 nitrogen and oxygen atoms in total. The highest BCUT2D eigenvalue weighted by Crippen LogP contribution is 2.20. The van der Waals surface area contributed by atoms with Crippen molar-refractivity contribution in [1.29, 1.82) is 0 Å². The Morgan fingerprint density at radius 2 is 1.89 bits per heavy atom. The molecule has 3 aromatic rings. The van der Waals surface area contributed by atoms with E-state index in [-0.39, 0.29) is 0 Å². The molecule has 0 aliphatic rings. The number of aromatic amines is 1. The van der Waals surface area contributed by atoms with Crippen LogP contribution in [-0.4, -0.2) is 15.2 Å². The molecule has 3 rings (SSSR count). The van der Waals surface area contributed by atoms with Gasteiger partial charge in [-0.1, -0.05) is 36.4 Å². The second-order valence-electron chi connectivity index (χ2n) is 4.42. The highest BCUT2D eigenvalue weighted by atomic mass is 32.1. The fourth-order valence-electron chi connectivity index (χ4n) is 2.03. The monoisotopic (exact) mass is 269 g/mol. The first-order valence-electron chi connectivity index (χ1n) is 6.41. The van der Waals surface area contributed by atoms with Crippen LogP contribution in [0.15, 0.2) is 47.8 Å². The van der Waals surface area contributed by atoms with Gasteiger partial charge in [-0.2, -0.15) is 5.10 Å². The predicted octanol–water partition coefficient (Wildman–Crippen LogP) is 3.71. The topological polar surface area (TPSA) is 41.6 Å².